The Morgan fingerprint density at radius 1 is 1.33 bits per heavy atom. The molecule has 1 aromatic carbocycles. The van der Waals surface area contributed by atoms with Crippen molar-refractivity contribution in [1.29, 1.82) is 0 Å². The summed E-state index contributed by atoms with van der Waals surface area (Å²) in [4.78, 5) is 15.0. The number of halogens is 2. The van der Waals surface area contributed by atoms with Crippen molar-refractivity contribution in [2.24, 2.45) is 0 Å². The summed E-state index contributed by atoms with van der Waals surface area (Å²) in [5.41, 5.74) is -0.0145. The van der Waals surface area contributed by atoms with Crippen LogP contribution in [-0.2, 0) is 0 Å². The van der Waals surface area contributed by atoms with Crippen molar-refractivity contribution < 1.29 is 14.6 Å². The number of carboxylic acid groups (broad SMARTS) is 1. The topological polar surface area (TPSA) is 59.4 Å². The number of benzene rings is 1. The van der Waals surface area contributed by atoms with E-state index in [4.69, 9.17) is 21.4 Å². The molecule has 0 amide bonds. The summed E-state index contributed by atoms with van der Waals surface area (Å²) >= 11 is 8.91. The van der Waals surface area contributed by atoms with Crippen LogP contribution in [0.25, 0.3) is 0 Å². The largest absolute Gasteiger partial charge is 0.477 e. The third kappa shape index (κ3) is 3.00. The molecule has 1 heterocycles. The van der Waals surface area contributed by atoms with Crippen LogP contribution in [0.4, 0.5) is 0 Å². The van der Waals surface area contributed by atoms with Crippen molar-refractivity contribution in [2.45, 2.75) is 0 Å². The van der Waals surface area contributed by atoms with Gasteiger partial charge in [-0.2, -0.15) is 0 Å². The van der Waals surface area contributed by atoms with E-state index in [0.717, 1.165) is 0 Å². The molecule has 0 fully saturated rings. The minimum atomic E-state index is -1.10. The summed E-state index contributed by atoms with van der Waals surface area (Å²) in [7, 11) is 0. The lowest BCUT2D eigenvalue weighted by molar-refractivity contribution is 0.0693. The molecule has 0 saturated heterocycles. The summed E-state index contributed by atoms with van der Waals surface area (Å²) in [6.07, 6.45) is 1.47. The molecule has 0 bridgehead atoms. The first-order valence-electron chi connectivity index (χ1n) is 4.88. The van der Waals surface area contributed by atoms with Crippen LogP contribution in [0.1, 0.15) is 10.4 Å². The Morgan fingerprint density at radius 3 is 2.61 bits per heavy atom. The number of aromatic nitrogens is 1. The molecule has 4 nitrogen and oxygen atoms in total. The molecular formula is C12H7BrClNO3. The maximum Gasteiger partial charge on any atom is 0.341 e. The van der Waals surface area contributed by atoms with Gasteiger partial charge in [0.2, 0.25) is 5.88 Å². The molecule has 2 rings (SSSR count). The molecular weight excluding hydrogens is 321 g/mol. The van der Waals surface area contributed by atoms with Crippen LogP contribution in [0.2, 0.25) is 5.02 Å². The molecule has 0 spiro atoms. The lowest BCUT2D eigenvalue weighted by atomic mass is 10.3. The van der Waals surface area contributed by atoms with Gasteiger partial charge in [-0.3, -0.25) is 0 Å². The fourth-order valence-corrected chi connectivity index (χ4v) is 1.73. The number of ether oxygens (including phenoxy) is 1. The van der Waals surface area contributed by atoms with Crippen LogP contribution in [0.5, 0.6) is 11.6 Å². The van der Waals surface area contributed by atoms with E-state index in [1.165, 1.54) is 12.3 Å². The van der Waals surface area contributed by atoms with Crippen LogP contribution < -0.4 is 4.74 Å². The smallest absolute Gasteiger partial charge is 0.341 e. The van der Waals surface area contributed by atoms with Gasteiger partial charge in [-0.05, 0) is 46.3 Å². The van der Waals surface area contributed by atoms with Gasteiger partial charge in [-0.25, -0.2) is 9.78 Å². The Hall–Kier alpha value is -1.59. The van der Waals surface area contributed by atoms with Gasteiger partial charge in [-0.15, -0.1) is 0 Å². The quantitative estimate of drug-likeness (QED) is 0.925. The summed E-state index contributed by atoms with van der Waals surface area (Å²) in [5, 5.41) is 9.62. The first kappa shape index (κ1) is 12.9. The minimum absolute atomic E-state index is 0.0145. The first-order valence-corrected chi connectivity index (χ1v) is 6.05. The molecule has 2 aromatic rings. The highest BCUT2D eigenvalue weighted by Crippen LogP contribution is 2.26. The van der Waals surface area contributed by atoms with E-state index in [1.54, 1.807) is 24.3 Å². The third-order valence-electron chi connectivity index (χ3n) is 2.08. The molecule has 1 N–H and O–H groups in total. The van der Waals surface area contributed by atoms with Gasteiger partial charge in [0.15, 0.2) is 0 Å². The van der Waals surface area contributed by atoms with E-state index in [1.807, 2.05) is 0 Å². The third-order valence-corrected chi connectivity index (χ3v) is 2.76. The molecule has 0 radical (unpaired) electrons. The van der Waals surface area contributed by atoms with E-state index in [2.05, 4.69) is 20.9 Å². The number of pyridine rings is 1. The first-order chi connectivity index (χ1) is 8.56. The predicted molar refractivity (Wildman–Crippen MR) is 70.4 cm³/mol. The maximum atomic E-state index is 11.1. The highest BCUT2D eigenvalue weighted by atomic mass is 79.9. The molecule has 0 aliphatic rings. The van der Waals surface area contributed by atoms with Gasteiger partial charge in [-0.1, -0.05) is 11.6 Å². The predicted octanol–water partition coefficient (Wildman–Crippen LogP) is 3.99. The van der Waals surface area contributed by atoms with Crippen LogP contribution in [0.3, 0.4) is 0 Å². The second-order valence-electron chi connectivity index (χ2n) is 3.37. The van der Waals surface area contributed by atoms with Crippen LogP contribution in [0.15, 0.2) is 41.0 Å². The zero-order valence-corrected chi connectivity index (χ0v) is 11.3. The lowest BCUT2D eigenvalue weighted by Crippen LogP contribution is -2.02. The maximum absolute atomic E-state index is 11.1. The van der Waals surface area contributed by atoms with Crippen molar-refractivity contribution >= 4 is 33.5 Å². The van der Waals surface area contributed by atoms with Gasteiger partial charge in [0.25, 0.3) is 0 Å². The zero-order valence-electron chi connectivity index (χ0n) is 8.93. The van der Waals surface area contributed by atoms with E-state index < -0.39 is 5.97 Å². The van der Waals surface area contributed by atoms with E-state index in [-0.39, 0.29) is 11.4 Å². The van der Waals surface area contributed by atoms with Crippen LogP contribution in [0, 0.1) is 0 Å². The van der Waals surface area contributed by atoms with Crippen molar-refractivity contribution in [3.63, 3.8) is 0 Å². The average Bonchev–Trinajstić information content (AvgIpc) is 2.34. The lowest BCUT2D eigenvalue weighted by Gasteiger charge is -2.07. The molecule has 0 atom stereocenters. The number of nitrogens with zero attached hydrogens (tertiary/aromatic N) is 1. The normalized spacial score (nSPS) is 10.1. The van der Waals surface area contributed by atoms with E-state index >= 15 is 0 Å². The Bertz CT molecular complexity index is 586. The summed E-state index contributed by atoms with van der Waals surface area (Å²) in [6.45, 7) is 0. The number of hydrogen-bond acceptors (Lipinski definition) is 3. The molecule has 0 aliphatic heterocycles. The second kappa shape index (κ2) is 5.37. The van der Waals surface area contributed by atoms with Gasteiger partial charge >= 0.3 is 5.97 Å². The molecule has 6 heteroatoms. The summed E-state index contributed by atoms with van der Waals surface area (Å²) < 4.78 is 5.98. The minimum Gasteiger partial charge on any atom is -0.477 e. The SMILES string of the molecule is O=C(O)c1cc(Br)cnc1Oc1ccc(Cl)cc1. The van der Waals surface area contributed by atoms with Crippen molar-refractivity contribution in [2.75, 3.05) is 0 Å². The Kier molecular flexibility index (Phi) is 3.84. The van der Waals surface area contributed by atoms with Crippen LogP contribution >= 0.6 is 27.5 Å². The standard InChI is InChI=1S/C12H7BrClNO3/c13-7-5-10(12(16)17)11(15-6-7)18-9-3-1-8(14)2-4-9/h1-6H,(H,16,17). The second-order valence-corrected chi connectivity index (χ2v) is 4.72. The number of hydrogen-bond donors (Lipinski definition) is 1. The fraction of sp³-hybridized carbons (Fsp3) is 0. The molecule has 1 aromatic heterocycles. The van der Waals surface area contributed by atoms with Crippen LogP contribution in [-0.4, -0.2) is 16.1 Å². The summed E-state index contributed by atoms with van der Waals surface area (Å²) in [6, 6.07) is 8.00. The molecule has 0 saturated carbocycles. The zero-order chi connectivity index (χ0) is 13.1. The van der Waals surface area contributed by atoms with Gasteiger partial charge < -0.3 is 9.84 Å². The van der Waals surface area contributed by atoms with E-state index in [9.17, 15) is 4.79 Å². The highest BCUT2D eigenvalue weighted by Gasteiger charge is 2.14. The van der Waals surface area contributed by atoms with Gasteiger partial charge in [0, 0.05) is 15.7 Å². The fourth-order valence-electron chi connectivity index (χ4n) is 1.28. The molecule has 0 unspecified atom stereocenters. The summed E-state index contributed by atoms with van der Waals surface area (Å²) in [5.74, 6) is -0.600. The van der Waals surface area contributed by atoms with Crippen molar-refractivity contribution in [3.05, 3.63) is 51.6 Å². The number of rotatable bonds is 3. The molecule has 92 valence electrons. The van der Waals surface area contributed by atoms with Crippen molar-refractivity contribution in [3.8, 4) is 11.6 Å². The average molecular weight is 329 g/mol. The van der Waals surface area contributed by atoms with Crippen molar-refractivity contribution in [1.82, 2.24) is 4.98 Å². The van der Waals surface area contributed by atoms with E-state index in [0.29, 0.717) is 15.2 Å². The monoisotopic (exact) mass is 327 g/mol. The van der Waals surface area contributed by atoms with Gasteiger partial charge in [0.05, 0.1) is 0 Å². The Balaban J connectivity index is 2.34. The Labute approximate surface area is 116 Å². The number of carboxylic acids is 1. The molecule has 18 heavy (non-hydrogen) atoms. The Morgan fingerprint density at radius 2 is 2.00 bits per heavy atom. The van der Waals surface area contributed by atoms with Gasteiger partial charge in [0.1, 0.15) is 11.3 Å². The number of carbonyl (C=O) groups is 1. The highest BCUT2D eigenvalue weighted by molar-refractivity contribution is 9.10. The number of aromatic carboxylic acids is 1. The molecule has 0 aliphatic carbocycles.